The molecule has 7 rings (SSSR count). The molecule has 3 aliphatic heterocycles. The van der Waals surface area contributed by atoms with Crippen LogP contribution in [0.25, 0.3) is 11.0 Å². The van der Waals surface area contributed by atoms with Crippen LogP contribution >= 0.6 is 23.9 Å². The van der Waals surface area contributed by atoms with Gasteiger partial charge in [-0.05, 0) is 99.2 Å². The Morgan fingerprint density at radius 1 is 0.913 bits per heavy atom. The van der Waals surface area contributed by atoms with Gasteiger partial charge in [-0.1, -0.05) is 7.92 Å². The number of likely N-dealkylation sites (N-methyl/N-ethyl adjacent to an activating group) is 1. The summed E-state index contributed by atoms with van der Waals surface area (Å²) in [6, 6.07) is 10.6. The van der Waals surface area contributed by atoms with E-state index in [1.165, 1.54) is 50.0 Å². The Hall–Kier alpha value is -3.11. The molecule has 0 amide bonds. The van der Waals surface area contributed by atoms with Crippen LogP contribution in [0.1, 0.15) is 31.2 Å². The number of methoxy groups -OCH3 is 1. The average molecular weight is 705 g/mol. The van der Waals surface area contributed by atoms with Crippen LogP contribution in [0.5, 0.6) is 5.75 Å². The monoisotopic (exact) mass is 703 g/mol. The Balaban J connectivity index is 1.07. The maximum Gasteiger partial charge on any atom is 0.229 e. The minimum atomic E-state index is -0.462. The number of halogens is 1. The van der Waals surface area contributed by atoms with Gasteiger partial charge in [0.2, 0.25) is 5.95 Å². The molecule has 2 aromatic carbocycles. The molecule has 5 heterocycles. The van der Waals surface area contributed by atoms with E-state index < -0.39 is 7.92 Å². The molecule has 10 nitrogen and oxygen atoms in total. The maximum absolute atomic E-state index is 5.90. The summed E-state index contributed by atoms with van der Waals surface area (Å²) < 4.78 is 6.67. The molecule has 46 heavy (non-hydrogen) atoms. The van der Waals surface area contributed by atoms with E-state index in [2.05, 4.69) is 102 Å². The highest BCUT2D eigenvalue weighted by Crippen LogP contribution is 2.39. The van der Waals surface area contributed by atoms with Gasteiger partial charge in [0.05, 0.1) is 28.3 Å². The number of hydrogen-bond donors (Lipinski definition) is 2. The summed E-state index contributed by atoms with van der Waals surface area (Å²) in [4.78, 5) is 26.5. The molecule has 2 N–H and O–H groups in total. The van der Waals surface area contributed by atoms with Crippen molar-refractivity contribution in [3.8, 4) is 5.75 Å². The number of nitrogens with zero attached hydrogens (tertiary/aromatic N) is 7. The Kier molecular flexibility index (Phi) is 9.02. The number of aryl methyl sites for hydroxylation is 1. The Labute approximate surface area is 281 Å². The van der Waals surface area contributed by atoms with E-state index in [0.717, 1.165) is 63.1 Å². The van der Waals surface area contributed by atoms with Gasteiger partial charge in [-0.2, -0.15) is 4.98 Å². The highest BCUT2D eigenvalue weighted by atomic mass is 79.9. The van der Waals surface area contributed by atoms with E-state index in [4.69, 9.17) is 9.72 Å². The zero-order valence-corrected chi connectivity index (χ0v) is 29.8. The molecule has 4 aromatic rings. The number of rotatable bonds is 8. The van der Waals surface area contributed by atoms with Gasteiger partial charge in [0, 0.05) is 79.1 Å². The van der Waals surface area contributed by atoms with Crippen molar-refractivity contribution < 1.29 is 4.74 Å². The summed E-state index contributed by atoms with van der Waals surface area (Å²) >= 11 is 3.65. The van der Waals surface area contributed by atoms with Gasteiger partial charge in [-0.3, -0.25) is 14.9 Å². The largest absolute Gasteiger partial charge is 0.494 e. The van der Waals surface area contributed by atoms with Crippen molar-refractivity contribution >= 4 is 69.0 Å². The highest BCUT2D eigenvalue weighted by molar-refractivity contribution is 9.10. The number of nitrogens with one attached hydrogen (secondary N) is 2. The quantitative estimate of drug-likeness (QED) is 0.210. The van der Waals surface area contributed by atoms with Crippen LogP contribution in [0, 0.1) is 6.92 Å². The van der Waals surface area contributed by atoms with Crippen molar-refractivity contribution in [1.29, 1.82) is 0 Å². The molecule has 2 atom stereocenters. The van der Waals surface area contributed by atoms with E-state index in [-0.39, 0.29) is 0 Å². The summed E-state index contributed by atoms with van der Waals surface area (Å²) in [6.45, 7) is 11.3. The fraction of sp³-hybridized carbons (Fsp3) is 0.471. The van der Waals surface area contributed by atoms with Gasteiger partial charge in [-0.25, -0.2) is 4.98 Å². The number of benzene rings is 2. The third-order valence-electron chi connectivity index (χ3n) is 9.99. The fourth-order valence-electron chi connectivity index (χ4n) is 7.75. The molecule has 242 valence electrons. The second kappa shape index (κ2) is 13.2. The lowest BCUT2D eigenvalue weighted by atomic mass is 9.99. The molecular formula is C34H43BrN9OP. The van der Waals surface area contributed by atoms with E-state index in [1.807, 2.05) is 6.07 Å². The van der Waals surface area contributed by atoms with Crippen LogP contribution in [0.3, 0.4) is 0 Å². The predicted molar refractivity (Wildman–Crippen MR) is 193 cm³/mol. The van der Waals surface area contributed by atoms with Crippen molar-refractivity contribution in [2.75, 3.05) is 69.2 Å². The zero-order chi connectivity index (χ0) is 31.9. The normalized spacial score (nSPS) is 20.9. The van der Waals surface area contributed by atoms with Crippen LogP contribution in [-0.4, -0.2) is 102 Å². The van der Waals surface area contributed by atoms with Crippen molar-refractivity contribution in [3.63, 3.8) is 0 Å². The van der Waals surface area contributed by atoms with Crippen LogP contribution in [0.4, 0.5) is 28.8 Å². The number of likely N-dealkylation sites (tertiary alicyclic amines) is 2. The van der Waals surface area contributed by atoms with E-state index >= 15 is 0 Å². The van der Waals surface area contributed by atoms with E-state index in [9.17, 15) is 0 Å². The third-order valence-corrected chi connectivity index (χ3v) is 11.9. The molecule has 3 fully saturated rings. The van der Waals surface area contributed by atoms with Gasteiger partial charge in [0.1, 0.15) is 11.6 Å². The van der Waals surface area contributed by atoms with E-state index in [0.29, 0.717) is 17.8 Å². The van der Waals surface area contributed by atoms with Crippen LogP contribution in [0.15, 0.2) is 47.3 Å². The van der Waals surface area contributed by atoms with Gasteiger partial charge in [-0.15, -0.1) is 0 Å². The summed E-state index contributed by atoms with van der Waals surface area (Å²) in [6.07, 6.45) is 10.3. The maximum atomic E-state index is 5.90. The Morgan fingerprint density at radius 2 is 1.70 bits per heavy atom. The van der Waals surface area contributed by atoms with Crippen LogP contribution in [0.2, 0.25) is 0 Å². The summed E-state index contributed by atoms with van der Waals surface area (Å²) in [5, 5.41) is 8.13. The second-order valence-electron chi connectivity index (χ2n) is 12.9. The van der Waals surface area contributed by atoms with Gasteiger partial charge < -0.3 is 25.2 Å². The number of piperidine rings is 1. The molecular weight excluding hydrogens is 661 g/mol. The lowest BCUT2D eigenvalue weighted by molar-refractivity contribution is 0.150. The first-order chi connectivity index (χ1) is 22.3. The first-order valence-corrected chi connectivity index (χ1v) is 19.2. The van der Waals surface area contributed by atoms with Crippen molar-refractivity contribution in [2.24, 2.45) is 0 Å². The van der Waals surface area contributed by atoms with Crippen LogP contribution in [-0.2, 0) is 0 Å². The minimum Gasteiger partial charge on any atom is -0.494 e. The van der Waals surface area contributed by atoms with Gasteiger partial charge in [0.15, 0.2) is 0 Å². The summed E-state index contributed by atoms with van der Waals surface area (Å²) in [5.41, 5.74) is 6.06. The average Bonchev–Trinajstić information content (AvgIpc) is 3.65. The highest BCUT2D eigenvalue weighted by Gasteiger charge is 2.43. The number of hydrogen-bond acceptors (Lipinski definition) is 10. The molecule has 0 saturated carbocycles. The van der Waals surface area contributed by atoms with Crippen molar-refractivity contribution in [3.05, 3.63) is 52.9 Å². The van der Waals surface area contributed by atoms with Crippen molar-refractivity contribution in [1.82, 2.24) is 29.7 Å². The number of fused-ring (bicyclic) bond motifs is 2. The lowest BCUT2D eigenvalue weighted by Crippen LogP contribution is -2.48. The smallest absolute Gasteiger partial charge is 0.229 e. The first kappa shape index (κ1) is 31.5. The number of ether oxygens (including phenoxy) is 1. The second-order valence-corrected chi connectivity index (χ2v) is 16.0. The lowest BCUT2D eigenvalue weighted by Gasteiger charge is -2.40. The molecule has 2 unspecified atom stereocenters. The van der Waals surface area contributed by atoms with E-state index in [1.54, 1.807) is 25.7 Å². The Bertz CT molecular complexity index is 1730. The Morgan fingerprint density at radius 3 is 2.48 bits per heavy atom. The number of anilines is 5. The SMILES string of the molecule is COc1cc(N2CCC(N3CCC4C3CCN4C)CC2)c(C)cc1Nc1ncc(Br)c(Nc2ccc3nccnc3c2P(C)C)n1. The summed E-state index contributed by atoms with van der Waals surface area (Å²) in [5.74, 6) is 1.93. The fourth-order valence-corrected chi connectivity index (χ4v) is 9.25. The molecule has 3 aliphatic rings. The molecule has 2 aromatic heterocycles. The minimum absolute atomic E-state index is 0.462. The van der Waals surface area contributed by atoms with Crippen molar-refractivity contribution in [2.45, 2.75) is 50.7 Å². The predicted octanol–water partition coefficient (Wildman–Crippen LogP) is 6.10. The summed E-state index contributed by atoms with van der Waals surface area (Å²) in [7, 11) is 3.56. The zero-order valence-electron chi connectivity index (χ0n) is 27.3. The molecule has 0 spiro atoms. The standard InChI is InChI=1S/C34H43BrN9OP/c1-21-18-26(30(45-3)19-29(21)43-15-8-22(9-16-43)44-17-11-27-28(44)10-14-42(27)2)40-34-38-20-23(35)33(41-34)39-25-7-6-24-31(32(25)46(4)5)37-13-12-36-24/h6-7,12-13,18-20,22,27-28H,8-11,14-17H2,1-5H3,(H2,38,39,40,41). The molecule has 0 bridgehead atoms. The van der Waals surface area contributed by atoms with Crippen LogP contribution < -0.4 is 25.6 Å². The van der Waals surface area contributed by atoms with Gasteiger partial charge in [0.25, 0.3) is 0 Å². The third kappa shape index (κ3) is 6.03. The molecule has 3 saturated heterocycles. The molecule has 12 heteroatoms. The molecule has 0 radical (unpaired) electrons. The van der Waals surface area contributed by atoms with Gasteiger partial charge >= 0.3 is 0 Å². The number of aromatic nitrogens is 4. The topological polar surface area (TPSA) is 94.6 Å². The molecule has 0 aliphatic carbocycles. The first-order valence-electron chi connectivity index (χ1n) is 16.2.